The van der Waals surface area contributed by atoms with Crippen LogP contribution >= 0.6 is 0 Å². The Bertz CT molecular complexity index is 1040. The van der Waals surface area contributed by atoms with Crippen LogP contribution in [0.2, 0.25) is 0 Å². The van der Waals surface area contributed by atoms with Crippen LogP contribution in [-0.4, -0.2) is 47.4 Å². The number of allylic oxidation sites excluding steroid dienone is 5. The summed E-state index contributed by atoms with van der Waals surface area (Å²) in [6.07, 6.45) is 65.8. The van der Waals surface area contributed by atoms with Crippen molar-refractivity contribution < 1.29 is 24.5 Å². The van der Waals surface area contributed by atoms with Crippen LogP contribution in [0.25, 0.3) is 0 Å². The van der Waals surface area contributed by atoms with E-state index in [9.17, 15) is 19.8 Å². The number of esters is 1. The zero-order chi connectivity index (χ0) is 46.5. The van der Waals surface area contributed by atoms with E-state index in [1.807, 2.05) is 6.08 Å². The van der Waals surface area contributed by atoms with Gasteiger partial charge in [0.2, 0.25) is 5.91 Å². The third-order valence-electron chi connectivity index (χ3n) is 12.9. The van der Waals surface area contributed by atoms with Gasteiger partial charge in [0.1, 0.15) is 0 Å². The van der Waals surface area contributed by atoms with E-state index in [1.165, 1.54) is 205 Å². The van der Waals surface area contributed by atoms with Gasteiger partial charge in [-0.15, -0.1) is 0 Å². The van der Waals surface area contributed by atoms with Crippen LogP contribution < -0.4 is 5.32 Å². The molecule has 0 radical (unpaired) electrons. The largest absolute Gasteiger partial charge is 0.466 e. The van der Waals surface area contributed by atoms with Crippen molar-refractivity contribution in [3.63, 3.8) is 0 Å². The maximum absolute atomic E-state index is 12.4. The molecular formula is C58H109NO5. The highest BCUT2D eigenvalue weighted by Crippen LogP contribution is 2.16. The monoisotopic (exact) mass is 900 g/mol. The van der Waals surface area contributed by atoms with E-state index >= 15 is 0 Å². The zero-order valence-electron chi connectivity index (χ0n) is 42.8. The van der Waals surface area contributed by atoms with Crippen LogP contribution in [0, 0.1) is 0 Å². The van der Waals surface area contributed by atoms with Gasteiger partial charge in [0.15, 0.2) is 0 Å². The van der Waals surface area contributed by atoms with Crippen LogP contribution in [0.15, 0.2) is 36.5 Å². The first kappa shape index (κ1) is 62.1. The minimum Gasteiger partial charge on any atom is -0.466 e. The van der Waals surface area contributed by atoms with Crippen LogP contribution in [0.3, 0.4) is 0 Å². The minimum absolute atomic E-state index is 0.00802. The molecule has 0 saturated carbocycles. The van der Waals surface area contributed by atoms with Crippen molar-refractivity contribution in [2.75, 3.05) is 13.2 Å². The standard InChI is InChI=1S/C58H109NO5/c1-3-5-7-9-11-13-15-17-19-20-21-24-28-32-36-40-44-48-52-58(63)64-53-49-45-41-37-33-29-25-22-23-27-31-35-39-43-47-51-57(62)59-55(54-60)56(61)50-46-42-38-34-30-26-18-16-14-12-10-8-6-4-2/h13,15,19-20,46,50,55-56,60-61H,3-12,14,16-18,21-45,47-49,51-54H2,1-2H3,(H,59,62)/b15-13-,20-19-,50-46+. The Morgan fingerprint density at radius 3 is 1.20 bits per heavy atom. The van der Waals surface area contributed by atoms with E-state index in [1.54, 1.807) is 6.08 Å². The molecule has 376 valence electrons. The van der Waals surface area contributed by atoms with E-state index in [0.717, 1.165) is 64.2 Å². The smallest absolute Gasteiger partial charge is 0.305 e. The van der Waals surface area contributed by atoms with Gasteiger partial charge in [-0.3, -0.25) is 9.59 Å². The first-order valence-corrected chi connectivity index (χ1v) is 28.3. The number of hydrogen-bond donors (Lipinski definition) is 3. The van der Waals surface area contributed by atoms with Gasteiger partial charge in [-0.05, 0) is 64.2 Å². The van der Waals surface area contributed by atoms with Gasteiger partial charge < -0.3 is 20.3 Å². The maximum Gasteiger partial charge on any atom is 0.305 e. The number of unbranched alkanes of at least 4 members (excludes halogenated alkanes) is 37. The number of aliphatic hydroxyl groups is 2. The van der Waals surface area contributed by atoms with Gasteiger partial charge in [-0.2, -0.15) is 0 Å². The van der Waals surface area contributed by atoms with Gasteiger partial charge >= 0.3 is 5.97 Å². The Kier molecular flexibility index (Phi) is 52.1. The van der Waals surface area contributed by atoms with E-state index in [0.29, 0.717) is 19.4 Å². The SMILES string of the molecule is CCCCCC/C=C\C/C=C\CCCCCCCCCC(=O)OCCCCCCCCCCCCCCCCCC(=O)NC(CO)C(O)/C=C/CCCCCCCCCCCCCC. The molecule has 0 saturated heterocycles. The molecule has 0 aromatic rings. The highest BCUT2D eigenvalue weighted by Gasteiger charge is 2.18. The van der Waals surface area contributed by atoms with Gasteiger partial charge in [0.25, 0.3) is 0 Å². The third kappa shape index (κ3) is 49.5. The first-order chi connectivity index (χ1) is 31.5. The molecule has 0 rings (SSSR count). The lowest BCUT2D eigenvalue weighted by Gasteiger charge is -2.20. The predicted octanol–water partition coefficient (Wildman–Crippen LogP) is 17.2. The summed E-state index contributed by atoms with van der Waals surface area (Å²) in [4.78, 5) is 24.5. The normalized spacial score (nSPS) is 12.9. The molecule has 3 N–H and O–H groups in total. The number of aliphatic hydroxyl groups excluding tert-OH is 2. The second kappa shape index (κ2) is 53.7. The lowest BCUT2D eigenvalue weighted by molar-refractivity contribution is -0.143. The van der Waals surface area contributed by atoms with Gasteiger partial charge in [-0.1, -0.05) is 256 Å². The van der Waals surface area contributed by atoms with Gasteiger partial charge in [0, 0.05) is 12.8 Å². The molecule has 0 heterocycles. The highest BCUT2D eigenvalue weighted by atomic mass is 16.5. The van der Waals surface area contributed by atoms with Gasteiger partial charge in [0.05, 0.1) is 25.4 Å². The molecule has 0 spiro atoms. The second-order valence-corrected chi connectivity index (χ2v) is 19.3. The number of carbonyl (C=O) groups is 2. The second-order valence-electron chi connectivity index (χ2n) is 19.3. The van der Waals surface area contributed by atoms with Crippen molar-refractivity contribution in [3.05, 3.63) is 36.5 Å². The van der Waals surface area contributed by atoms with Gasteiger partial charge in [-0.25, -0.2) is 0 Å². The summed E-state index contributed by atoms with van der Waals surface area (Å²) in [5, 5.41) is 23.1. The average Bonchev–Trinajstić information content (AvgIpc) is 3.29. The Labute approximate surface area is 398 Å². The Hall–Kier alpha value is -1.92. The fourth-order valence-corrected chi connectivity index (χ4v) is 8.55. The van der Waals surface area contributed by atoms with Crippen molar-refractivity contribution in [2.45, 2.75) is 309 Å². The topological polar surface area (TPSA) is 95.9 Å². The molecule has 64 heavy (non-hydrogen) atoms. The van der Waals surface area contributed by atoms with Crippen LogP contribution in [0.1, 0.15) is 296 Å². The van der Waals surface area contributed by atoms with Crippen LogP contribution in [0.4, 0.5) is 0 Å². The summed E-state index contributed by atoms with van der Waals surface area (Å²) in [7, 11) is 0. The van der Waals surface area contributed by atoms with Crippen LogP contribution in [0.5, 0.6) is 0 Å². The summed E-state index contributed by atoms with van der Waals surface area (Å²) < 4.78 is 5.48. The first-order valence-electron chi connectivity index (χ1n) is 28.3. The van der Waals surface area contributed by atoms with Crippen molar-refractivity contribution in [1.82, 2.24) is 5.32 Å². The van der Waals surface area contributed by atoms with E-state index in [-0.39, 0.29) is 18.5 Å². The number of ether oxygens (including phenoxy) is 1. The molecule has 0 aliphatic rings. The van der Waals surface area contributed by atoms with E-state index in [4.69, 9.17) is 4.74 Å². The predicted molar refractivity (Wildman–Crippen MR) is 278 cm³/mol. The number of hydrogen-bond acceptors (Lipinski definition) is 5. The molecule has 0 bridgehead atoms. The molecule has 0 aliphatic heterocycles. The number of rotatable bonds is 52. The zero-order valence-corrected chi connectivity index (χ0v) is 42.8. The maximum atomic E-state index is 12.4. The summed E-state index contributed by atoms with van der Waals surface area (Å²) in [5.74, 6) is -0.0847. The molecule has 6 nitrogen and oxygen atoms in total. The molecule has 2 atom stereocenters. The molecule has 2 unspecified atom stereocenters. The minimum atomic E-state index is -0.850. The lowest BCUT2D eigenvalue weighted by atomic mass is 10.0. The summed E-state index contributed by atoms with van der Waals surface area (Å²) in [5.41, 5.74) is 0. The van der Waals surface area contributed by atoms with Crippen molar-refractivity contribution in [3.8, 4) is 0 Å². The fraction of sp³-hybridized carbons (Fsp3) is 0.862. The number of nitrogens with one attached hydrogen (secondary N) is 1. The Balaban J connectivity index is 3.45. The summed E-state index contributed by atoms with van der Waals surface area (Å²) >= 11 is 0. The molecule has 6 heteroatoms. The number of carbonyl (C=O) groups excluding carboxylic acids is 2. The molecular weight excluding hydrogens is 791 g/mol. The quantitative estimate of drug-likeness (QED) is 0.0321. The molecule has 0 aromatic heterocycles. The summed E-state index contributed by atoms with van der Waals surface area (Å²) in [6, 6.07) is -0.634. The molecule has 0 fully saturated rings. The fourth-order valence-electron chi connectivity index (χ4n) is 8.55. The van der Waals surface area contributed by atoms with Crippen molar-refractivity contribution >= 4 is 11.9 Å². The Morgan fingerprint density at radius 2 is 0.781 bits per heavy atom. The lowest BCUT2D eigenvalue weighted by Crippen LogP contribution is -2.45. The Morgan fingerprint density at radius 1 is 0.438 bits per heavy atom. The number of amides is 1. The van der Waals surface area contributed by atoms with Crippen LogP contribution in [-0.2, 0) is 14.3 Å². The molecule has 0 aromatic carbocycles. The highest BCUT2D eigenvalue weighted by molar-refractivity contribution is 5.76. The van der Waals surface area contributed by atoms with E-state index in [2.05, 4.69) is 43.5 Å². The molecule has 0 aliphatic carbocycles. The summed E-state index contributed by atoms with van der Waals surface area (Å²) in [6.45, 7) is 4.87. The van der Waals surface area contributed by atoms with Crippen molar-refractivity contribution in [2.24, 2.45) is 0 Å². The van der Waals surface area contributed by atoms with E-state index < -0.39 is 12.1 Å². The molecule has 1 amide bonds. The average molecular weight is 901 g/mol. The third-order valence-corrected chi connectivity index (χ3v) is 12.9. The van der Waals surface area contributed by atoms with Crippen molar-refractivity contribution in [1.29, 1.82) is 0 Å².